The van der Waals surface area contributed by atoms with Gasteiger partial charge in [0.2, 0.25) is 0 Å². The first-order valence-corrected chi connectivity index (χ1v) is 9.01. The number of methoxy groups -OCH3 is 1. The van der Waals surface area contributed by atoms with Gasteiger partial charge in [0, 0.05) is 53.6 Å². The van der Waals surface area contributed by atoms with Gasteiger partial charge in [0.15, 0.2) is 5.96 Å². The summed E-state index contributed by atoms with van der Waals surface area (Å²) in [4.78, 5) is 6.76. The van der Waals surface area contributed by atoms with Crippen molar-refractivity contribution >= 4 is 5.96 Å². The van der Waals surface area contributed by atoms with E-state index in [1.165, 1.54) is 12.8 Å². The van der Waals surface area contributed by atoms with Crippen LogP contribution in [0.1, 0.15) is 38.5 Å². The Hall–Kier alpha value is -0.850. The van der Waals surface area contributed by atoms with Crippen LogP contribution in [0, 0.1) is 0 Å². The number of piperidine rings is 1. The minimum absolute atomic E-state index is 0.383. The molecule has 2 aliphatic rings. The van der Waals surface area contributed by atoms with E-state index in [-0.39, 0.29) is 0 Å². The van der Waals surface area contributed by atoms with E-state index in [0.717, 1.165) is 71.1 Å². The van der Waals surface area contributed by atoms with Crippen molar-refractivity contribution in [1.82, 2.24) is 10.2 Å². The maximum atomic E-state index is 5.91. The van der Waals surface area contributed by atoms with Crippen molar-refractivity contribution in [3.63, 3.8) is 0 Å². The molecule has 2 fully saturated rings. The zero-order chi connectivity index (χ0) is 16.3. The van der Waals surface area contributed by atoms with Crippen molar-refractivity contribution in [2.75, 3.05) is 53.6 Å². The van der Waals surface area contributed by atoms with Gasteiger partial charge in [-0.1, -0.05) is 0 Å². The Morgan fingerprint density at radius 1 is 1.26 bits per heavy atom. The predicted molar refractivity (Wildman–Crippen MR) is 92.0 cm³/mol. The SMILES string of the molecule is CN=C(NCCC1CCCO1)N1CCC(OCCCOC)CC1. The Kier molecular flexibility index (Phi) is 8.71. The second kappa shape index (κ2) is 10.8. The smallest absolute Gasteiger partial charge is 0.193 e. The number of rotatable bonds is 8. The molecule has 6 heteroatoms. The van der Waals surface area contributed by atoms with Crippen LogP contribution in [-0.4, -0.2) is 76.7 Å². The molecule has 0 amide bonds. The first-order valence-electron chi connectivity index (χ1n) is 9.01. The fourth-order valence-corrected chi connectivity index (χ4v) is 3.24. The quantitative estimate of drug-likeness (QED) is 0.417. The highest BCUT2D eigenvalue weighted by molar-refractivity contribution is 5.79. The third kappa shape index (κ3) is 6.65. The third-order valence-electron chi connectivity index (χ3n) is 4.57. The monoisotopic (exact) mass is 327 g/mol. The Bertz CT molecular complexity index is 338. The van der Waals surface area contributed by atoms with Crippen molar-refractivity contribution in [2.24, 2.45) is 4.99 Å². The predicted octanol–water partition coefficient (Wildman–Crippen LogP) is 1.65. The summed E-state index contributed by atoms with van der Waals surface area (Å²) in [6.07, 6.45) is 7.41. The molecule has 2 saturated heterocycles. The van der Waals surface area contributed by atoms with Crippen LogP contribution in [0.15, 0.2) is 4.99 Å². The van der Waals surface area contributed by atoms with Crippen molar-refractivity contribution in [3.05, 3.63) is 0 Å². The summed E-state index contributed by atoms with van der Waals surface area (Å²) >= 11 is 0. The Labute approximate surface area is 140 Å². The molecule has 0 spiro atoms. The Morgan fingerprint density at radius 2 is 2.09 bits per heavy atom. The average Bonchev–Trinajstić information content (AvgIpc) is 3.10. The number of nitrogens with one attached hydrogen (secondary N) is 1. The van der Waals surface area contributed by atoms with E-state index >= 15 is 0 Å². The summed E-state index contributed by atoms with van der Waals surface area (Å²) in [5, 5.41) is 3.48. The van der Waals surface area contributed by atoms with Crippen LogP contribution in [-0.2, 0) is 14.2 Å². The molecule has 23 heavy (non-hydrogen) atoms. The lowest BCUT2D eigenvalue weighted by Gasteiger charge is -2.34. The summed E-state index contributed by atoms with van der Waals surface area (Å²) < 4.78 is 16.6. The highest BCUT2D eigenvalue weighted by Crippen LogP contribution is 2.16. The van der Waals surface area contributed by atoms with Crippen molar-refractivity contribution in [1.29, 1.82) is 0 Å². The molecule has 134 valence electrons. The average molecular weight is 327 g/mol. The highest BCUT2D eigenvalue weighted by atomic mass is 16.5. The van der Waals surface area contributed by atoms with Gasteiger partial charge in [-0.2, -0.15) is 0 Å². The first kappa shape index (κ1) is 18.5. The van der Waals surface area contributed by atoms with E-state index in [1.807, 2.05) is 7.05 Å². The number of nitrogens with zero attached hydrogens (tertiary/aromatic N) is 2. The van der Waals surface area contributed by atoms with Crippen LogP contribution in [0.5, 0.6) is 0 Å². The van der Waals surface area contributed by atoms with E-state index in [0.29, 0.717) is 12.2 Å². The van der Waals surface area contributed by atoms with E-state index in [4.69, 9.17) is 14.2 Å². The molecule has 1 atom stereocenters. The van der Waals surface area contributed by atoms with Gasteiger partial charge < -0.3 is 24.4 Å². The Balaban J connectivity index is 1.60. The molecule has 0 aromatic rings. The summed E-state index contributed by atoms with van der Waals surface area (Å²) in [6, 6.07) is 0. The molecule has 2 rings (SSSR count). The molecular formula is C17H33N3O3. The topological polar surface area (TPSA) is 55.3 Å². The van der Waals surface area contributed by atoms with Gasteiger partial charge in [-0.15, -0.1) is 0 Å². The van der Waals surface area contributed by atoms with Gasteiger partial charge >= 0.3 is 0 Å². The number of hydrogen-bond acceptors (Lipinski definition) is 4. The van der Waals surface area contributed by atoms with E-state index < -0.39 is 0 Å². The van der Waals surface area contributed by atoms with E-state index in [2.05, 4.69) is 15.2 Å². The zero-order valence-corrected chi connectivity index (χ0v) is 14.8. The van der Waals surface area contributed by atoms with Gasteiger partial charge in [-0.05, 0) is 38.5 Å². The van der Waals surface area contributed by atoms with Gasteiger partial charge in [0.1, 0.15) is 0 Å². The van der Waals surface area contributed by atoms with Crippen LogP contribution in [0.2, 0.25) is 0 Å². The van der Waals surface area contributed by atoms with Crippen LogP contribution in [0.25, 0.3) is 0 Å². The minimum Gasteiger partial charge on any atom is -0.385 e. The molecule has 0 radical (unpaired) electrons. The summed E-state index contributed by atoms with van der Waals surface area (Å²) in [5.41, 5.74) is 0. The molecule has 2 heterocycles. The minimum atomic E-state index is 0.383. The fraction of sp³-hybridized carbons (Fsp3) is 0.941. The normalized spacial score (nSPS) is 23.5. The van der Waals surface area contributed by atoms with Gasteiger partial charge in [0.05, 0.1) is 12.2 Å². The van der Waals surface area contributed by atoms with Crippen LogP contribution in [0.3, 0.4) is 0 Å². The van der Waals surface area contributed by atoms with Gasteiger partial charge in [0.25, 0.3) is 0 Å². The van der Waals surface area contributed by atoms with E-state index in [1.54, 1.807) is 7.11 Å². The molecule has 1 N–H and O–H groups in total. The molecule has 0 aromatic heterocycles. The lowest BCUT2D eigenvalue weighted by molar-refractivity contribution is 0.00988. The summed E-state index contributed by atoms with van der Waals surface area (Å²) in [5.74, 6) is 1.01. The summed E-state index contributed by atoms with van der Waals surface area (Å²) in [6.45, 7) is 5.46. The van der Waals surface area contributed by atoms with Crippen molar-refractivity contribution in [2.45, 2.75) is 50.7 Å². The van der Waals surface area contributed by atoms with Gasteiger partial charge in [-0.3, -0.25) is 4.99 Å². The molecule has 1 unspecified atom stereocenters. The van der Waals surface area contributed by atoms with Crippen LogP contribution < -0.4 is 5.32 Å². The van der Waals surface area contributed by atoms with Crippen molar-refractivity contribution in [3.8, 4) is 0 Å². The Morgan fingerprint density at radius 3 is 2.74 bits per heavy atom. The molecule has 0 saturated carbocycles. The largest absolute Gasteiger partial charge is 0.385 e. The highest BCUT2D eigenvalue weighted by Gasteiger charge is 2.22. The lowest BCUT2D eigenvalue weighted by atomic mass is 10.1. The second-order valence-corrected chi connectivity index (χ2v) is 6.30. The standard InChI is InChI=1S/C17H33N3O3/c1-18-17(19-9-6-15-5-3-13-22-15)20-10-7-16(8-11-20)23-14-4-12-21-2/h15-16H,3-14H2,1-2H3,(H,18,19). The number of ether oxygens (including phenoxy) is 3. The molecule has 0 aliphatic carbocycles. The maximum Gasteiger partial charge on any atom is 0.193 e. The van der Waals surface area contributed by atoms with Crippen LogP contribution >= 0.6 is 0 Å². The molecule has 2 aliphatic heterocycles. The zero-order valence-electron chi connectivity index (χ0n) is 14.8. The van der Waals surface area contributed by atoms with Crippen LogP contribution in [0.4, 0.5) is 0 Å². The van der Waals surface area contributed by atoms with E-state index in [9.17, 15) is 0 Å². The second-order valence-electron chi connectivity index (χ2n) is 6.30. The maximum absolute atomic E-state index is 5.91. The number of guanidine groups is 1. The molecule has 6 nitrogen and oxygen atoms in total. The fourth-order valence-electron chi connectivity index (χ4n) is 3.24. The molecular weight excluding hydrogens is 294 g/mol. The van der Waals surface area contributed by atoms with Crippen molar-refractivity contribution < 1.29 is 14.2 Å². The van der Waals surface area contributed by atoms with Gasteiger partial charge in [-0.25, -0.2) is 0 Å². The number of likely N-dealkylation sites (tertiary alicyclic amines) is 1. The first-order chi connectivity index (χ1) is 11.3. The number of aliphatic imine (C=N–C) groups is 1. The number of hydrogen-bond donors (Lipinski definition) is 1. The molecule has 0 bridgehead atoms. The molecule has 0 aromatic carbocycles. The third-order valence-corrected chi connectivity index (χ3v) is 4.57. The lowest BCUT2D eigenvalue weighted by Crippen LogP contribution is -2.47. The summed E-state index contributed by atoms with van der Waals surface area (Å²) in [7, 11) is 3.59.